The maximum absolute atomic E-state index is 14.1. The summed E-state index contributed by atoms with van der Waals surface area (Å²) < 4.78 is 53.0. The monoisotopic (exact) mass is 663 g/mol. The smallest absolute Gasteiger partial charge is 0.387 e. The fourth-order valence-electron chi connectivity index (χ4n) is 5.09. The largest absolute Gasteiger partial charge is 0.487 e. The molecule has 1 fully saturated rings. The van der Waals surface area contributed by atoms with Gasteiger partial charge in [0.1, 0.15) is 13.5 Å². The average molecular weight is 664 g/mol. The van der Waals surface area contributed by atoms with E-state index in [9.17, 15) is 13.6 Å². The summed E-state index contributed by atoms with van der Waals surface area (Å²) >= 11 is 0. The van der Waals surface area contributed by atoms with Crippen LogP contribution in [0.4, 0.5) is 8.78 Å². The van der Waals surface area contributed by atoms with Gasteiger partial charge in [-0.2, -0.15) is 13.9 Å². The van der Waals surface area contributed by atoms with Crippen LogP contribution in [-0.4, -0.2) is 56.4 Å². The number of unbranched alkanes of at least 4 members (excludes halogenated alkanes) is 2. The third kappa shape index (κ3) is 10.2. The normalized spacial score (nSPS) is 14.1. The molecule has 4 rings (SSSR count). The molecule has 0 atom stereocenters. The molecule has 2 heterocycles. The molecule has 1 aliphatic carbocycles. The van der Waals surface area contributed by atoms with Gasteiger partial charge in [-0.3, -0.25) is 4.79 Å². The first-order valence-corrected chi connectivity index (χ1v) is 23.7. The van der Waals surface area contributed by atoms with Gasteiger partial charge in [0.25, 0.3) is 5.56 Å². The number of nitrogens with zero attached hydrogens (tertiary/aromatic N) is 3. The van der Waals surface area contributed by atoms with E-state index in [0.717, 1.165) is 61.0 Å². The van der Waals surface area contributed by atoms with Crippen molar-refractivity contribution in [2.24, 2.45) is 0 Å². The van der Waals surface area contributed by atoms with Crippen LogP contribution in [0.5, 0.6) is 11.5 Å². The van der Waals surface area contributed by atoms with Crippen LogP contribution in [0.3, 0.4) is 0 Å². The van der Waals surface area contributed by atoms with E-state index in [0.29, 0.717) is 30.5 Å². The Bertz CT molecular complexity index is 1480. The fourth-order valence-corrected chi connectivity index (χ4v) is 6.60. The molecule has 0 N–H and O–H groups in total. The van der Waals surface area contributed by atoms with Crippen molar-refractivity contribution in [2.75, 3.05) is 13.2 Å². The number of benzene rings is 1. The Kier molecular flexibility index (Phi) is 12.1. The van der Waals surface area contributed by atoms with Gasteiger partial charge < -0.3 is 23.5 Å². The Morgan fingerprint density at radius 2 is 1.62 bits per heavy atom. The Balaban J connectivity index is 1.83. The van der Waals surface area contributed by atoms with Gasteiger partial charge in [0, 0.05) is 34.9 Å². The van der Waals surface area contributed by atoms with Crippen molar-refractivity contribution in [1.82, 2.24) is 14.3 Å². The molecule has 0 amide bonds. The SMILES string of the molecule is CCCCCc1c(-c2ccc(OC(F)F)c(OC3CC3)c2)n(COCC[Si](C)(C)C)c2cnn(COCC[Si](C)(C)C)c(=O)c12. The molecule has 8 nitrogen and oxygen atoms in total. The molecule has 0 unspecified atom stereocenters. The molecule has 0 spiro atoms. The Labute approximate surface area is 268 Å². The number of aryl methyl sites for hydroxylation is 1. The predicted molar refractivity (Wildman–Crippen MR) is 181 cm³/mol. The highest BCUT2D eigenvalue weighted by Crippen LogP contribution is 2.40. The van der Waals surface area contributed by atoms with E-state index in [-0.39, 0.29) is 36.6 Å². The summed E-state index contributed by atoms with van der Waals surface area (Å²) in [7, 11) is -2.61. The van der Waals surface area contributed by atoms with E-state index in [1.165, 1.54) is 10.7 Å². The van der Waals surface area contributed by atoms with Gasteiger partial charge in [-0.1, -0.05) is 59.0 Å². The van der Waals surface area contributed by atoms with Crippen LogP contribution in [0.1, 0.15) is 44.6 Å². The van der Waals surface area contributed by atoms with Crippen LogP contribution in [0.15, 0.2) is 29.2 Å². The summed E-state index contributed by atoms with van der Waals surface area (Å²) in [6.45, 7) is 14.5. The van der Waals surface area contributed by atoms with Gasteiger partial charge in [0.05, 0.1) is 28.9 Å². The number of ether oxygens (including phenoxy) is 4. The van der Waals surface area contributed by atoms with Crippen molar-refractivity contribution < 1.29 is 27.7 Å². The number of aromatic nitrogens is 3. The zero-order valence-corrected chi connectivity index (χ0v) is 30.1. The topological polar surface area (TPSA) is 76.7 Å². The number of hydrogen-bond donors (Lipinski definition) is 0. The second kappa shape index (κ2) is 15.4. The lowest BCUT2D eigenvalue weighted by atomic mass is 10.00. The van der Waals surface area contributed by atoms with Gasteiger partial charge in [-0.25, -0.2) is 4.68 Å². The van der Waals surface area contributed by atoms with Crippen LogP contribution in [-0.2, 0) is 29.4 Å². The zero-order chi connectivity index (χ0) is 32.8. The van der Waals surface area contributed by atoms with E-state index in [1.807, 2.05) is 4.57 Å². The molecule has 1 saturated carbocycles. The molecule has 0 bridgehead atoms. The van der Waals surface area contributed by atoms with E-state index < -0.39 is 22.8 Å². The molecule has 1 aromatic carbocycles. The molecule has 45 heavy (non-hydrogen) atoms. The molecule has 1 aliphatic rings. The molecule has 2 aromatic heterocycles. The number of alkyl halides is 2. The molecule has 250 valence electrons. The standard InChI is InChI=1S/C33H51F2N3O5Si2/c1-8-9-10-11-26-30-27(21-36-38(32(30)39)23-41-17-19-45(5,6)7)37(22-40-16-18-44(2,3)4)31(26)24-12-15-28(43-33(34)35)29(20-24)42-25-13-14-25/h12,15,20-21,25,33H,8-11,13-14,16-19,22-23H2,1-7H3. The minimum Gasteiger partial charge on any atom is -0.487 e. The van der Waals surface area contributed by atoms with Gasteiger partial charge in [-0.05, 0) is 61.5 Å². The van der Waals surface area contributed by atoms with Gasteiger partial charge in [-0.15, -0.1) is 0 Å². The summed E-state index contributed by atoms with van der Waals surface area (Å²) in [6.07, 6.45) is 7.06. The summed E-state index contributed by atoms with van der Waals surface area (Å²) in [6, 6.07) is 7.06. The van der Waals surface area contributed by atoms with Crippen LogP contribution in [0.25, 0.3) is 22.2 Å². The lowest BCUT2D eigenvalue weighted by Crippen LogP contribution is -2.26. The third-order valence-corrected chi connectivity index (χ3v) is 11.3. The average Bonchev–Trinajstić information content (AvgIpc) is 3.70. The first kappa shape index (κ1) is 35.3. The summed E-state index contributed by atoms with van der Waals surface area (Å²) in [5.41, 5.74) is 2.94. The number of rotatable bonds is 19. The van der Waals surface area contributed by atoms with Crippen molar-refractivity contribution in [3.8, 4) is 22.8 Å². The highest BCUT2D eigenvalue weighted by atomic mass is 28.3. The number of fused-ring (bicyclic) bond motifs is 1. The Hall–Kier alpha value is -2.55. The fraction of sp³-hybridized carbons (Fsp3) is 0.636. The van der Waals surface area contributed by atoms with Crippen LogP contribution >= 0.6 is 0 Å². The summed E-state index contributed by atoms with van der Waals surface area (Å²) in [5, 5.41) is 5.11. The van der Waals surface area contributed by atoms with Gasteiger partial charge in [0.15, 0.2) is 11.5 Å². The van der Waals surface area contributed by atoms with Crippen molar-refractivity contribution in [2.45, 2.75) is 123 Å². The van der Waals surface area contributed by atoms with Crippen LogP contribution in [0, 0.1) is 0 Å². The van der Waals surface area contributed by atoms with Crippen molar-refractivity contribution in [3.63, 3.8) is 0 Å². The van der Waals surface area contributed by atoms with Crippen LogP contribution < -0.4 is 15.0 Å². The van der Waals surface area contributed by atoms with E-state index in [2.05, 4.69) is 51.3 Å². The van der Waals surface area contributed by atoms with E-state index in [1.54, 1.807) is 18.3 Å². The molecule has 0 saturated heterocycles. The van der Waals surface area contributed by atoms with Crippen molar-refractivity contribution >= 4 is 27.1 Å². The minimum absolute atomic E-state index is 0.00159. The molecule has 0 aliphatic heterocycles. The molecule has 12 heteroatoms. The van der Waals surface area contributed by atoms with E-state index >= 15 is 0 Å². The van der Waals surface area contributed by atoms with Crippen molar-refractivity contribution in [3.05, 3.63) is 40.3 Å². The van der Waals surface area contributed by atoms with Crippen LogP contribution in [0.2, 0.25) is 51.4 Å². The predicted octanol–water partition coefficient (Wildman–Crippen LogP) is 8.36. The Morgan fingerprint density at radius 3 is 2.22 bits per heavy atom. The Morgan fingerprint density at radius 1 is 0.956 bits per heavy atom. The highest BCUT2D eigenvalue weighted by Gasteiger charge is 2.28. The van der Waals surface area contributed by atoms with Gasteiger partial charge >= 0.3 is 6.61 Å². The lowest BCUT2D eigenvalue weighted by molar-refractivity contribution is -0.0516. The molecular formula is C33H51F2N3O5Si2. The lowest BCUT2D eigenvalue weighted by Gasteiger charge is -2.18. The molecular weight excluding hydrogens is 613 g/mol. The highest BCUT2D eigenvalue weighted by molar-refractivity contribution is 6.76. The second-order valence-corrected chi connectivity index (χ2v) is 25.7. The second-order valence-electron chi connectivity index (χ2n) is 14.5. The quantitative estimate of drug-likeness (QED) is 0.0948. The third-order valence-electron chi connectivity index (χ3n) is 7.88. The summed E-state index contributed by atoms with van der Waals surface area (Å²) in [5.74, 6) is 0.277. The first-order chi connectivity index (χ1) is 21.3. The maximum Gasteiger partial charge on any atom is 0.387 e. The van der Waals surface area contributed by atoms with E-state index in [4.69, 9.17) is 18.9 Å². The number of hydrogen-bond acceptors (Lipinski definition) is 6. The minimum atomic E-state index is -2.97. The number of halogens is 2. The van der Waals surface area contributed by atoms with Crippen molar-refractivity contribution in [1.29, 1.82) is 0 Å². The van der Waals surface area contributed by atoms with Gasteiger partial charge in [0.2, 0.25) is 0 Å². The maximum atomic E-state index is 14.1. The zero-order valence-electron chi connectivity index (χ0n) is 28.1. The first-order valence-electron chi connectivity index (χ1n) is 16.3. The molecule has 3 aromatic rings. The summed E-state index contributed by atoms with van der Waals surface area (Å²) in [4.78, 5) is 14.1. The molecule has 0 radical (unpaired) electrons.